The molecule has 3 rings (SSSR count). The Hall–Kier alpha value is -2.32. The molecule has 1 aromatic heterocycles. The molecule has 0 atom stereocenters. The Kier molecular flexibility index (Phi) is 5.53. The Balaban J connectivity index is 1.90. The molecule has 29 heavy (non-hydrogen) atoms. The smallest absolute Gasteiger partial charge is 0.444 e. The van der Waals surface area contributed by atoms with Crippen LogP contribution in [0.15, 0.2) is 29.9 Å². The fourth-order valence-electron chi connectivity index (χ4n) is 3.00. The number of alkyl carbamates (subject to hydrolysis) is 1. The van der Waals surface area contributed by atoms with Gasteiger partial charge in [-0.1, -0.05) is 24.3 Å². The first-order valence-corrected chi connectivity index (χ1v) is 9.83. The number of benzene rings is 1. The number of rotatable bonds is 4. The molecule has 7 nitrogen and oxygen atoms in total. The number of H-pyrrole nitrogens is 1. The Labute approximate surface area is 172 Å². The van der Waals surface area contributed by atoms with Crippen molar-refractivity contribution >= 4 is 30.2 Å². The normalized spacial score (nSPS) is 18.9. The van der Waals surface area contributed by atoms with E-state index in [1.54, 1.807) is 6.20 Å². The summed E-state index contributed by atoms with van der Waals surface area (Å²) in [7, 11) is -0.590. The zero-order valence-electron chi connectivity index (χ0n) is 18.3. The van der Waals surface area contributed by atoms with E-state index in [-0.39, 0.29) is 6.54 Å². The fraction of sp³-hybridized carbons (Fsp3) is 0.524. The topological polar surface area (TPSA) is 85.5 Å². The first kappa shape index (κ1) is 21.4. The molecule has 2 aromatic rings. The van der Waals surface area contributed by atoms with Gasteiger partial charge in [-0.05, 0) is 59.5 Å². The third kappa shape index (κ3) is 4.82. The summed E-state index contributed by atoms with van der Waals surface area (Å²) in [6, 6.07) is 5.94. The molecule has 1 aliphatic heterocycles. The molecule has 2 N–H and O–H groups in total. The summed E-state index contributed by atoms with van der Waals surface area (Å²) in [6.07, 6.45) is 3.26. The zero-order chi connectivity index (χ0) is 21.4. The number of para-hydroxylation sites is 1. The van der Waals surface area contributed by atoms with Crippen molar-refractivity contribution in [2.24, 2.45) is 0 Å². The predicted molar refractivity (Wildman–Crippen MR) is 114 cm³/mol. The predicted octanol–water partition coefficient (Wildman–Crippen LogP) is 4.10. The van der Waals surface area contributed by atoms with E-state index >= 15 is 0 Å². The molecule has 0 spiro atoms. The lowest BCUT2D eigenvalue weighted by atomic mass is 9.77. The van der Waals surface area contributed by atoms with Crippen LogP contribution < -0.4 is 5.32 Å². The van der Waals surface area contributed by atoms with Gasteiger partial charge in [-0.2, -0.15) is 5.10 Å². The second kappa shape index (κ2) is 7.50. The van der Waals surface area contributed by atoms with Crippen molar-refractivity contribution in [1.29, 1.82) is 0 Å². The van der Waals surface area contributed by atoms with Crippen molar-refractivity contribution < 1.29 is 18.8 Å². The van der Waals surface area contributed by atoms with Gasteiger partial charge in [0.1, 0.15) is 5.60 Å². The van der Waals surface area contributed by atoms with E-state index in [2.05, 4.69) is 15.5 Å². The van der Waals surface area contributed by atoms with Gasteiger partial charge in [0.25, 0.3) is 0 Å². The average molecular weight is 399 g/mol. The average Bonchev–Trinajstić information content (AvgIpc) is 3.12. The standard InChI is InChI=1S/C21H30BN3O4/c1-19(2,3)27-18(26)23-13-16(22-28-20(4,5)21(6,7)29-22)11-14-9-8-10-15-12-24-25-17(14)15/h8-12H,13H2,1-7H3,(H,23,26)(H,24,25). The molecule has 1 aliphatic rings. The highest BCUT2D eigenvalue weighted by Crippen LogP contribution is 2.39. The first-order valence-electron chi connectivity index (χ1n) is 9.83. The Bertz CT molecular complexity index is 911. The highest BCUT2D eigenvalue weighted by molar-refractivity contribution is 6.56. The molecular formula is C21H30BN3O4. The van der Waals surface area contributed by atoms with E-state index in [1.165, 1.54) is 0 Å². The van der Waals surface area contributed by atoms with Crippen LogP contribution in [0, 0.1) is 0 Å². The van der Waals surface area contributed by atoms with Crippen LogP contribution in [-0.2, 0) is 14.0 Å². The lowest BCUT2D eigenvalue weighted by molar-refractivity contribution is 0.00578. The minimum atomic E-state index is -0.590. The number of ether oxygens (including phenoxy) is 1. The summed E-state index contributed by atoms with van der Waals surface area (Å²) in [4.78, 5) is 12.2. The molecule has 1 saturated heterocycles. The summed E-state index contributed by atoms with van der Waals surface area (Å²) in [5.41, 5.74) is 1.11. The number of amides is 1. The molecule has 1 fully saturated rings. The lowest BCUT2D eigenvalue weighted by Crippen LogP contribution is -2.41. The van der Waals surface area contributed by atoms with Crippen molar-refractivity contribution in [2.45, 2.75) is 65.3 Å². The minimum Gasteiger partial charge on any atom is -0.444 e. The van der Waals surface area contributed by atoms with Gasteiger partial charge >= 0.3 is 13.2 Å². The van der Waals surface area contributed by atoms with Crippen LogP contribution in [0.3, 0.4) is 0 Å². The maximum absolute atomic E-state index is 12.2. The Morgan fingerprint density at radius 2 is 1.90 bits per heavy atom. The zero-order valence-corrected chi connectivity index (χ0v) is 18.3. The summed E-state index contributed by atoms with van der Waals surface area (Å²) in [6.45, 7) is 13.7. The van der Waals surface area contributed by atoms with Gasteiger partial charge < -0.3 is 19.4 Å². The van der Waals surface area contributed by atoms with Crippen LogP contribution in [0.25, 0.3) is 17.0 Å². The Morgan fingerprint density at radius 1 is 1.24 bits per heavy atom. The van der Waals surface area contributed by atoms with Crippen LogP contribution in [0.2, 0.25) is 0 Å². The number of carbonyl (C=O) groups excluding carboxylic acids is 1. The Morgan fingerprint density at radius 3 is 2.52 bits per heavy atom. The molecule has 0 bridgehead atoms. The monoisotopic (exact) mass is 399 g/mol. The van der Waals surface area contributed by atoms with Crippen molar-refractivity contribution in [3.8, 4) is 0 Å². The van der Waals surface area contributed by atoms with Gasteiger partial charge in [-0.15, -0.1) is 0 Å². The first-order chi connectivity index (χ1) is 13.4. The van der Waals surface area contributed by atoms with Crippen molar-refractivity contribution in [3.63, 3.8) is 0 Å². The van der Waals surface area contributed by atoms with Crippen LogP contribution in [-0.4, -0.2) is 46.8 Å². The number of nitrogens with zero attached hydrogens (tertiary/aromatic N) is 1. The van der Waals surface area contributed by atoms with Gasteiger partial charge in [0.15, 0.2) is 0 Å². The number of nitrogens with one attached hydrogen (secondary N) is 2. The van der Waals surface area contributed by atoms with Gasteiger partial charge in [0.05, 0.1) is 22.9 Å². The molecule has 156 valence electrons. The van der Waals surface area contributed by atoms with E-state index in [0.29, 0.717) is 0 Å². The van der Waals surface area contributed by atoms with E-state index < -0.39 is 30.0 Å². The second-order valence-corrected chi connectivity index (χ2v) is 9.34. The van der Waals surface area contributed by atoms with Gasteiger partial charge in [0.2, 0.25) is 0 Å². The number of hydrogen-bond acceptors (Lipinski definition) is 5. The quantitative estimate of drug-likeness (QED) is 0.756. The summed E-state index contributed by atoms with van der Waals surface area (Å²) in [5.74, 6) is 0. The maximum Gasteiger partial charge on any atom is 0.492 e. The molecule has 1 aromatic carbocycles. The lowest BCUT2D eigenvalue weighted by Gasteiger charge is -2.32. The van der Waals surface area contributed by atoms with Gasteiger partial charge in [-0.25, -0.2) is 4.79 Å². The summed E-state index contributed by atoms with van der Waals surface area (Å²) < 4.78 is 17.8. The molecular weight excluding hydrogens is 369 g/mol. The van der Waals surface area contributed by atoms with Crippen molar-refractivity contribution in [2.75, 3.05) is 6.54 Å². The number of fused-ring (bicyclic) bond motifs is 1. The molecule has 1 amide bonds. The van der Waals surface area contributed by atoms with E-state index in [0.717, 1.165) is 21.9 Å². The van der Waals surface area contributed by atoms with E-state index in [1.807, 2.05) is 72.7 Å². The maximum atomic E-state index is 12.2. The van der Waals surface area contributed by atoms with Crippen LogP contribution in [0.1, 0.15) is 54.0 Å². The second-order valence-electron chi connectivity index (χ2n) is 9.34. The molecule has 0 radical (unpaired) electrons. The van der Waals surface area contributed by atoms with Crippen molar-refractivity contribution in [3.05, 3.63) is 35.4 Å². The van der Waals surface area contributed by atoms with Gasteiger partial charge in [0, 0.05) is 11.9 Å². The van der Waals surface area contributed by atoms with E-state index in [4.69, 9.17) is 14.0 Å². The fourth-order valence-corrected chi connectivity index (χ4v) is 3.00. The molecule has 8 heteroatoms. The highest BCUT2D eigenvalue weighted by atomic mass is 16.7. The number of carbonyl (C=O) groups is 1. The third-order valence-electron chi connectivity index (χ3n) is 5.24. The molecule has 0 unspecified atom stereocenters. The highest BCUT2D eigenvalue weighted by Gasteiger charge is 2.52. The molecule has 0 aliphatic carbocycles. The minimum absolute atomic E-state index is 0.232. The van der Waals surface area contributed by atoms with Crippen molar-refractivity contribution in [1.82, 2.24) is 15.5 Å². The molecule has 2 heterocycles. The number of hydrogen-bond donors (Lipinski definition) is 2. The SMILES string of the molecule is CC(C)(C)OC(=O)NCC(=Cc1cccc2cn[nH]c12)B1OC(C)(C)C(C)(C)O1. The number of aromatic nitrogens is 2. The van der Waals surface area contributed by atoms with Crippen LogP contribution >= 0.6 is 0 Å². The number of aromatic amines is 1. The summed E-state index contributed by atoms with van der Waals surface area (Å²) >= 11 is 0. The van der Waals surface area contributed by atoms with Gasteiger partial charge in [-0.3, -0.25) is 5.10 Å². The largest absolute Gasteiger partial charge is 0.492 e. The third-order valence-corrected chi connectivity index (χ3v) is 5.24. The van der Waals surface area contributed by atoms with Crippen LogP contribution in [0.5, 0.6) is 0 Å². The molecule has 0 saturated carbocycles. The summed E-state index contributed by atoms with van der Waals surface area (Å²) in [5, 5.41) is 11.0. The van der Waals surface area contributed by atoms with E-state index in [9.17, 15) is 4.79 Å². The van der Waals surface area contributed by atoms with Crippen LogP contribution in [0.4, 0.5) is 4.79 Å².